The number of nitrogens with zero attached hydrogens (tertiary/aromatic N) is 2. The Bertz CT molecular complexity index is 950. The number of halogens is 3. The molecule has 8 heteroatoms. The molecule has 0 aliphatic rings. The quantitative estimate of drug-likeness (QED) is 0.642. The van der Waals surface area contributed by atoms with E-state index >= 15 is 0 Å². The van der Waals surface area contributed by atoms with E-state index in [-0.39, 0.29) is 5.56 Å². The Balaban J connectivity index is 1.53. The van der Waals surface area contributed by atoms with Crippen molar-refractivity contribution in [2.45, 2.75) is 25.8 Å². The Kier molecular flexibility index (Phi) is 5.79. The highest BCUT2D eigenvalue weighted by molar-refractivity contribution is 5.87. The minimum absolute atomic E-state index is 0.230. The number of carboxylic acid groups (broad SMARTS) is 1. The molecule has 3 rings (SSSR count). The van der Waals surface area contributed by atoms with Gasteiger partial charge in [-0.3, -0.25) is 0 Å². The van der Waals surface area contributed by atoms with Crippen molar-refractivity contribution in [3.8, 4) is 0 Å². The molecule has 0 saturated heterocycles. The zero-order chi connectivity index (χ0) is 20.1. The standard InChI is InChI=1S/C20H18F3N3O2/c21-20(22,23)17-3-1-2-15(8-17)9-24-10-18-12-26(13-25-18)11-14-4-6-16(7-5-14)19(27)28/h1-8,12-13,24H,9-11H2,(H,27,28). The number of alkyl halides is 3. The van der Waals surface area contributed by atoms with Crippen LogP contribution in [0.3, 0.4) is 0 Å². The van der Waals surface area contributed by atoms with Gasteiger partial charge in [0.1, 0.15) is 0 Å². The van der Waals surface area contributed by atoms with Crippen LogP contribution in [0.4, 0.5) is 13.2 Å². The SMILES string of the molecule is O=C(O)c1ccc(Cn2cnc(CNCc3cccc(C(F)(F)F)c3)c2)cc1. The molecule has 146 valence electrons. The van der Waals surface area contributed by atoms with Gasteiger partial charge in [0, 0.05) is 25.8 Å². The highest BCUT2D eigenvalue weighted by atomic mass is 19.4. The van der Waals surface area contributed by atoms with E-state index in [4.69, 9.17) is 5.11 Å². The Morgan fingerprint density at radius 2 is 1.82 bits per heavy atom. The minimum atomic E-state index is -4.35. The second kappa shape index (κ2) is 8.26. The average molecular weight is 389 g/mol. The summed E-state index contributed by atoms with van der Waals surface area (Å²) in [4.78, 5) is 15.1. The molecule has 0 spiro atoms. The monoisotopic (exact) mass is 389 g/mol. The highest BCUT2D eigenvalue weighted by Gasteiger charge is 2.30. The minimum Gasteiger partial charge on any atom is -0.478 e. The summed E-state index contributed by atoms with van der Waals surface area (Å²) in [7, 11) is 0. The Morgan fingerprint density at radius 1 is 1.07 bits per heavy atom. The normalized spacial score (nSPS) is 11.5. The smallest absolute Gasteiger partial charge is 0.416 e. The van der Waals surface area contributed by atoms with Crippen molar-refractivity contribution in [2.24, 2.45) is 0 Å². The third-order valence-corrected chi connectivity index (χ3v) is 4.14. The van der Waals surface area contributed by atoms with Gasteiger partial charge in [0.15, 0.2) is 0 Å². The Labute approximate surface area is 159 Å². The van der Waals surface area contributed by atoms with E-state index in [2.05, 4.69) is 10.3 Å². The number of aromatic carboxylic acids is 1. The van der Waals surface area contributed by atoms with E-state index in [0.717, 1.165) is 23.4 Å². The molecule has 0 aliphatic carbocycles. The zero-order valence-corrected chi connectivity index (χ0v) is 14.8. The van der Waals surface area contributed by atoms with Crippen LogP contribution in [-0.2, 0) is 25.8 Å². The van der Waals surface area contributed by atoms with E-state index < -0.39 is 17.7 Å². The maximum Gasteiger partial charge on any atom is 0.416 e. The number of nitrogens with one attached hydrogen (secondary N) is 1. The van der Waals surface area contributed by atoms with E-state index in [1.54, 1.807) is 36.7 Å². The molecule has 0 atom stereocenters. The third kappa shape index (κ3) is 5.20. The summed E-state index contributed by atoms with van der Waals surface area (Å²) in [5, 5.41) is 12.0. The lowest BCUT2D eigenvalue weighted by molar-refractivity contribution is -0.137. The van der Waals surface area contributed by atoms with Crippen LogP contribution in [0.5, 0.6) is 0 Å². The van der Waals surface area contributed by atoms with Crippen LogP contribution < -0.4 is 5.32 Å². The first-order chi connectivity index (χ1) is 13.3. The molecule has 0 fully saturated rings. The zero-order valence-electron chi connectivity index (χ0n) is 14.8. The number of hydrogen-bond donors (Lipinski definition) is 2. The Morgan fingerprint density at radius 3 is 2.50 bits per heavy atom. The maximum atomic E-state index is 12.7. The molecule has 0 unspecified atom stereocenters. The number of benzene rings is 2. The second-order valence-electron chi connectivity index (χ2n) is 6.34. The van der Waals surface area contributed by atoms with Crippen LogP contribution in [0.2, 0.25) is 0 Å². The molecule has 0 radical (unpaired) electrons. The topological polar surface area (TPSA) is 67.1 Å². The molecule has 1 aromatic heterocycles. The summed E-state index contributed by atoms with van der Waals surface area (Å²) < 4.78 is 40.1. The molecule has 2 aromatic carbocycles. The summed E-state index contributed by atoms with van der Waals surface area (Å²) in [5.41, 5.74) is 1.81. The molecule has 1 heterocycles. The van der Waals surface area contributed by atoms with Crippen molar-refractivity contribution in [3.63, 3.8) is 0 Å². The summed E-state index contributed by atoms with van der Waals surface area (Å²) >= 11 is 0. The lowest BCUT2D eigenvalue weighted by atomic mass is 10.1. The molecule has 5 nitrogen and oxygen atoms in total. The van der Waals surface area contributed by atoms with Gasteiger partial charge in [-0.15, -0.1) is 0 Å². The fraction of sp³-hybridized carbons (Fsp3) is 0.200. The molecular formula is C20H18F3N3O2. The van der Waals surface area contributed by atoms with Crippen LogP contribution in [0, 0.1) is 0 Å². The van der Waals surface area contributed by atoms with Crippen molar-refractivity contribution >= 4 is 5.97 Å². The number of hydrogen-bond acceptors (Lipinski definition) is 3. The molecule has 0 amide bonds. The van der Waals surface area contributed by atoms with Crippen molar-refractivity contribution in [3.05, 3.63) is 89.0 Å². The molecule has 0 aliphatic heterocycles. The van der Waals surface area contributed by atoms with Crippen molar-refractivity contribution in [2.75, 3.05) is 0 Å². The molecule has 28 heavy (non-hydrogen) atoms. The van der Waals surface area contributed by atoms with Crippen LogP contribution in [0.25, 0.3) is 0 Å². The van der Waals surface area contributed by atoms with Gasteiger partial charge in [0.05, 0.1) is 23.1 Å². The third-order valence-electron chi connectivity index (χ3n) is 4.14. The van der Waals surface area contributed by atoms with Gasteiger partial charge >= 0.3 is 12.1 Å². The lowest BCUT2D eigenvalue weighted by Gasteiger charge is -2.09. The van der Waals surface area contributed by atoms with Crippen molar-refractivity contribution in [1.29, 1.82) is 0 Å². The first-order valence-electron chi connectivity index (χ1n) is 8.51. The number of aromatic nitrogens is 2. The van der Waals surface area contributed by atoms with Crippen LogP contribution in [0.15, 0.2) is 61.1 Å². The van der Waals surface area contributed by atoms with Crippen molar-refractivity contribution < 1.29 is 23.1 Å². The average Bonchev–Trinajstić information content (AvgIpc) is 3.09. The fourth-order valence-corrected chi connectivity index (χ4v) is 2.74. The summed E-state index contributed by atoms with van der Waals surface area (Å²) in [5.74, 6) is -0.969. The van der Waals surface area contributed by atoms with E-state index in [0.29, 0.717) is 25.2 Å². The predicted octanol–water partition coefficient (Wildman–Crippen LogP) is 3.94. The summed E-state index contributed by atoms with van der Waals surface area (Å²) in [6, 6.07) is 11.8. The number of carboxylic acids is 1. The molecule has 2 N–H and O–H groups in total. The van der Waals surface area contributed by atoms with Crippen LogP contribution >= 0.6 is 0 Å². The van der Waals surface area contributed by atoms with E-state index in [1.807, 2.05) is 10.8 Å². The molecule has 0 bridgehead atoms. The van der Waals surface area contributed by atoms with Crippen LogP contribution in [-0.4, -0.2) is 20.6 Å². The maximum absolute atomic E-state index is 12.7. The number of imidazole rings is 1. The number of rotatable bonds is 7. The largest absolute Gasteiger partial charge is 0.478 e. The predicted molar refractivity (Wildman–Crippen MR) is 96.7 cm³/mol. The van der Waals surface area contributed by atoms with E-state index in [1.165, 1.54) is 6.07 Å². The molecule has 3 aromatic rings. The Hall–Kier alpha value is -3.13. The first-order valence-corrected chi connectivity index (χ1v) is 8.51. The van der Waals surface area contributed by atoms with Gasteiger partial charge in [-0.25, -0.2) is 9.78 Å². The summed E-state index contributed by atoms with van der Waals surface area (Å²) in [6.45, 7) is 1.26. The van der Waals surface area contributed by atoms with Gasteiger partial charge in [-0.2, -0.15) is 13.2 Å². The fourth-order valence-electron chi connectivity index (χ4n) is 2.74. The lowest BCUT2D eigenvalue weighted by Crippen LogP contribution is -2.14. The van der Waals surface area contributed by atoms with Gasteiger partial charge < -0.3 is 15.0 Å². The summed E-state index contributed by atoms with van der Waals surface area (Å²) in [6.07, 6.45) is -0.853. The van der Waals surface area contributed by atoms with Crippen LogP contribution in [0.1, 0.15) is 32.7 Å². The first kappa shape index (κ1) is 19.6. The van der Waals surface area contributed by atoms with E-state index in [9.17, 15) is 18.0 Å². The number of carbonyl (C=O) groups is 1. The molecule has 0 saturated carbocycles. The van der Waals surface area contributed by atoms with Gasteiger partial charge in [0.25, 0.3) is 0 Å². The highest BCUT2D eigenvalue weighted by Crippen LogP contribution is 2.29. The second-order valence-corrected chi connectivity index (χ2v) is 6.34. The van der Waals surface area contributed by atoms with Crippen molar-refractivity contribution in [1.82, 2.24) is 14.9 Å². The van der Waals surface area contributed by atoms with Gasteiger partial charge in [0.2, 0.25) is 0 Å². The van der Waals surface area contributed by atoms with Gasteiger partial charge in [-0.05, 0) is 29.3 Å². The van der Waals surface area contributed by atoms with Gasteiger partial charge in [-0.1, -0.05) is 30.3 Å². The molecular weight excluding hydrogens is 371 g/mol.